The van der Waals surface area contributed by atoms with Gasteiger partial charge in [0.15, 0.2) is 6.10 Å². The number of ether oxygens (including phenoxy) is 1. The smallest absolute Gasteiger partial charge is 0.265 e. The number of anilines is 3. The zero-order valence-corrected chi connectivity index (χ0v) is 15.0. The van der Waals surface area contributed by atoms with Crippen molar-refractivity contribution in [2.75, 3.05) is 10.6 Å². The van der Waals surface area contributed by atoms with Crippen molar-refractivity contribution in [3.8, 4) is 5.75 Å². The van der Waals surface area contributed by atoms with Gasteiger partial charge >= 0.3 is 0 Å². The SMILES string of the molecule is CC(Oc1ccccc1Cl)C(=O)Nc1ccc(Nc2ccccc2)cc1. The molecule has 0 bridgehead atoms. The summed E-state index contributed by atoms with van der Waals surface area (Å²) in [6.07, 6.45) is -0.669. The van der Waals surface area contributed by atoms with Gasteiger partial charge in [-0.05, 0) is 55.5 Å². The molecular formula is C21H19ClN2O2. The van der Waals surface area contributed by atoms with Crippen LogP contribution in [0.1, 0.15) is 6.92 Å². The molecule has 26 heavy (non-hydrogen) atoms. The van der Waals surface area contributed by atoms with Crippen molar-refractivity contribution < 1.29 is 9.53 Å². The van der Waals surface area contributed by atoms with Gasteiger partial charge in [-0.25, -0.2) is 0 Å². The third-order valence-electron chi connectivity index (χ3n) is 3.72. The van der Waals surface area contributed by atoms with Crippen LogP contribution in [0.3, 0.4) is 0 Å². The van der Waals surface area contributed by atoms with Gasteiger partial charge < -0.3 is 15.4 Å². The number of amides is 1. The second-order valence-corrected chi connectivity index (χ2v) is 6.16. The average Bonchev–Trinajstić information content (AvgIpc) is 2.66. The van der Waals surface area contributed by atoms with Crippen molar-refractivity contribution in [3.63, 3.8) is 0 Å². The predicted molar refractivity (Wildman–Crippen MR) is 106 cm³/mol. The number of carbonyl (C=O) groups is 1. The molecule has 0 aliphatic carbocycles. The van der Waals surface area contributed by atoms with E-state index in [9.17, 15) is 4.79 Å². The number of hydrogen-bond donors (Lipinski definition) is 2. The van der Waals surface area contributed by atoms with Gasteiger partial charge in [0, 0.05) is 17.1 Å². The van der Waals surface area contributed by atoms with E-state index in [0.29, 0.717) is 16.5 Å². The highest BCUT2D eigenvalue weighted by molar-refractivity contribution is 6.32. The number of halogens is 1. The maximum atomic E-state index is 12.3. The van der Waals surface area contributed by atoms with Crippen LogP contribution in [0.2, 0.25) is 5.02 Å². The van der Waals surface area contributed by atoms with Gasteiger partial charge in [-0.3, -0.25) is 4.79 Å². The Balaban J connectivity index is 1.58. The van der Waals surface area contributed by atoms with Crippen LogP contribution in [0.25, 0.3) is 0 Å². The minimum Gasteiger partial charge on any atom is -0.479 e. The third-order valence-corrected chi connectivity index (χ3v) is 4.04. The summed E-state index contributed by atoms with van der Waals surface area (Å²) in [6.45, 7) is 1.68. The lowest BCUT2D eigenvalue weighted by Gasteiger charge is -2.16. The molecule has 0 aliphatic heterocycles. The molecule has 3 aromatic carbocycles. The van der Waals surface area contributed by atoms with Gasteiger partial charge in [-0.2, -0.15) is 0 Å². The van der Waals surface area contributed by atoms with Gasteiger partial charge in [-0.15, -0.1) is 0 Å². The van der Waals surface area contributed by atoms with E-state index in [1.165, 1.54) is 0 Å². The third kappa shape index (κ3) is 4.77. The summed E-state index contributed by atoms with van der Waals surface area (Å²) >= 11 is 6.05. The van der Waals surface area contributed by atoms with Crippen molar-refractivity contribution in [2.45, 2.75) is 13.0 Å². The Kier molecular flexibility index (Phi) is 5.77. The summed E-state index contributed by atoms with van der Waals surface area (Å²) in [5.41, 5.74) is 2.64. The Morgan fingerprint density at radius 3 is 2.12 bits per heavy atom. The molecule has 1 amide bonds. The topological polar surface area (TPSA) is 50.4 Å². The summed E-state index contributed by atoms with van der Waals surface area (Å²) in [7, 11) is 0. The lowest BCUT2D eigenvalue weighted by atomic mass is 10.2. The maximum absolute atomic E-state index is 12.3. The summed E-state index contributed by atoms with van der Waals surface area (Å²) in [5, 5.41) is 6.61. The summed E-state index contributed by atoms with van der Waals surface area (Å²) in [6, 6.07) is 24.4. The van der Waals surface area contributed by atoms with Crippen molar-refractivity contribution >= 4 is 34.6 Å². The van der Waals surface area contributed by atoms with Gasteiger partial charge in [-0.1, -0.05) is 41.9 Å². The first-order valence-electron chi connectivity index (χ1n) is 8.26. The monoisotopic (exact) mass is 366 g/mol. The molecule has 4 nitrogen and oxygen atoms in total. The van der Waals surface area contributed by atoms with Crippen LogP contribution in [0, 0.1) is 0 Å². The first-order valence-corrected chi connectivity index (χ1v) is 8.64. The molecule has 1 unspecified atom stereocenters. The summed E-state index contributed by atoms with van der Waals surface area (Å²) in [4.78, 5) is 12.3. The van der Waals surface area contributed by atoms with E-state index in [1.54, 1.807) is 19.1 Å². The Morgan fingerprint density at radius 1 is 0.846 bits per heavy atom. The van der Waals surface area contributed by atoms with E-state index in [2.05, 4.69) is 10.6 Å². The minimum atomic E-state index is -0.669. The van der Waals surface area contributed by atoms with Crippen LogP contribution in [0.4, 0.5) is 17.1 Å². The van der Waals surface area contributed by atoms with Gasteiger partial charge in [0.2, 0.25) is 0 Å². The first-order chi connectivity index (χ1) is 12.6. The van der Waals surface area contributed by atoms with Gasteiger partial charge in [0.05, 0.1) is 5.02 Å². The van der Waals surface area contributed by atoms with Crippen molar-refractivity contribution in [2.24, 2.45) is 0 Å². The van der Waals surface area contributed by atoms with Crippen LogP contribution >= 0.6 is 11.6 Å². The quantitative estimate of drug-likeness (QED) is 0.606. The van der Waals surface area contributed by atoms with E-state index in [1.807, 2.05) is 66.7 Å². The van der Waals surface area contributed by atoms with Crippen LogP contribution in [0.5, 0.6) is 5.75 Å². The zero-order chi connectivity index (χ0) is 18.4. The molecule has 132 valence electrons. The fourth-order valence-electron chi connectivity index (χ4n) is 2.35. The first kappa shape index (κ1) is 17.8. The maximum Gasteiger partial charge on any atom is 0.265 e. The van der Waals surface area contributed by atoms with E-state index >= 15 is 0 Å². The number of carbonyl (C=O) groups excluding carboxylic acids is 1. The normalized spacial score (nSPS) is 11.5. The molecule has 0 saturated carbocycles. The van der Waals surface area contributed by atoms with E-state index in [-0.39, 0.29) is 5.91 Å². The molecule has 0 fully saturated rings. The summed E-state index contributed by atoms with van der Waals surface area (Å²) in [5.74, 6) is 0.243. The Bertz CT molecular complexity index is 867. The molecule has 1 atom stereocenters. The molecule has 0 saturated heterocycles. The van der Waals surface area contributed by atoms with Crippen molar-refractivity contribution in [1.82, 2.24) is 0 Å². The summed E-state index contributed by atoms with van der Waals surface area (Å²) < 4.78 is 5.63. The highest BCUT2D eigenvalue weighted by atomic mass is 35.5. The lowest BCUT2D eigenvalue weighted by molar-refractivity contribution is -0.122. The highest BCUT2D eigenvalue weighted by Gasteiger charge is 2.16. The minimum absolute atomic E-state index is 0.242. The van der Waals surface area contributed by atoms with Gasteiger partial charge in [0.25, 0.3) is 5.91 Å². The fourth-order valence-corrected chi connectivity index (χ4v) is 2.53. The van der Waals surface area contributed by atoms with E-state index < -0.39 is 6.10 Å². The van der Waals surface area contributed by atoms with Crippen LogP contribution in [-0.2, 0) is 4.79 Å². The Labute approximate surface area is 157 Å². The standard InChI is InChI=1S/C21H19ClN2O2/c1-15(26-20-10-6-5-9-19(20)22)21(25)24-18-13-11-17(12-14-18)23-16-7-3-2-4-8-16/h2-15,23H,1H3,(H,24,25). The largest absolute Gasteiger partial charge is 0.479 e. The zero-order valence-electron chi connectivity index (χ0n) is 14.3. The molecule has 0 aliphatic rings. The number of benzene rings is 3. The fraction of sp³-hybridized carbons (Fsp3) is 0.0952. The Hall–Kier alpha value is -2.98. The predicted octanol–water partition coefficient (Wildman–Crippen LogP) is 5.49. The molecule has 3 aromatic rings. The number of nitrogens with one attached hydrogen (secondary N) is 2. The lowest BCUT2D eigenvalue weighted by Crippen LogP contribution is -2.30. The molecule has 3 rings (SSSR count). The highest BCUT2D eigenvalue weighted by Crippen LogP contribution is 2.24. The van der Waals surface area contributed by atoms with Crippen LogP contribution in [-0.4, -0.2) is 12.0 Å². The average molecular weight is 367 g/mol. The molecular weight excluding hydrogens is 348 g/mol. The molecule has 0 heterocycles. The Morgan fingerprint density at radius 2 is 1.42 bits per heavy atom. The van der Waals surface area contributed by atoms with E-state index in [0.717, 1.165) is 11.4 Å². The number of rotatable bonds is 6. The van der Waals surface area contributed by atoms with Crippen molar-refractivity contribution in [3.05, 3.63) is 83.9 Å². The van der Waals surface area contributed by atoms with Crippen LogP contribution in [0.15, 0.2) is 78.9 Å². The molecule has 5 heteroatoms. The van der Waals surface area contributed by atoms with Gasteiger partial charge in [0.1, 0.15) is 5.75 Å². The second-order valence-electron chi connectivity index (χ2n) is 5.75. The molecule has 0 aromatic heterocycles. The van der Waals surface area contributed by atoms with Crippen molar-refractivity contribution in [1.29, 1.82) is 0 Å². The van der Waals surface area contributed by atoms with Crippen LogP contribution < -0.4 is 15.4 Å². The molecule has 2 N–H and O–H groups in total. The van der Waals surface area contributed by atoms with E-state index in [4.69, 9.17) is 16.3 Å². The molecule has 0 radical (unpaired) electrons. The number of hydrogen-bond acceptors (Lipinski definition) is 3. The number of para-hydroxylation sites is 2. The molecule has 0 spiro atoms. The second kappa shape index (κ2) is 8.41.